The predicted octanol–water partition coefficient (Wildman–Crippen LogP) is 4.57. The number of hydrogen-bond acceptors (Lipinski definition) is 0. The van der Waals surface area contributed by atoms with Crippen LogP contribution >= 0.6 is 22.6 Å². The third-order valence-corrected chi connectivity index (χ3v) is 4.81. The van der Waals surface area contributed by atoms with Crippen LogP contribution in [0.4, 0.5) is 0 Å². The highest BCUT2D eigenvalue weighted by Gasteiger charge is 2.28. The molecule has 1 fully saturated rings. The van der Waals surface area contributed by atoms with Crippen molar-refractivity contribution >= 4 is 39.0 Å². The number of rotatable bonds is 1. The van der Waals surface area contributed by atoms with Gasteiger partial charge in [-0.3, -0.25) is 0 Å². The summed E-state index contributed by atoms with van der Waals surface area (Å²) in [7, 11) is 0. The van der Waals surface area contributed by atoms with Gasteiger partial charge in [-0.1, -0.05) is 18.2 Å². The zero-order valence-corrected chi connectivity index (χ0v) is 11.5. The van der Waals surface area contributed by atoms with E-state index in [-0.39, 0.29) is 0 Å². The Morgan fingerprint density at radius 2 is 1.76 bits per heavy atom. The Morgan fingerprint density at radius 1 is 1.00 bits per heavy atom. The SMILES string of the molecule is Ic1c(C2CC2)c2cccn2c2ccccc12. The molecule has 1 aliphatic carbocycles. The Morgan fingerprint density at radius 3 is 2.59 bits per heavy atom. The maximum absolute atomic E-state index is 2.53. The molecule has 2 aromatic heterocycles. The minimum absolute atomic E-state index is 0.795. The van der Waals surface area contributed by atoms with E-state index in [4.69, 9.17) is 0 Å². The van der Waals surface area contributed by atoms with Gasteiger partial charge in [-0.05, 0) is 65.1 Å². The number of fused-ring (bicyclic) bond motifs is 3. The number of halogens is 1. The standard InChI is InChI=1S/C15H12IN/c16-15-11-4-1-2-5-12(11)17-9-3-6-13(17)14(15)10-7-8-10/h1-6,9-10H,7-8H2. The maximum Gasteiger partial charge on any atom is 0.0538 e. The quantitative estimate of drug-likeness (QED) is 0.575. The van der Waals surface area contributed by atoms with E-state index in [1.165, 1.54) is 32.8 Å². The Bertz CT molecular complexity index is 722. The van der Waals surface area contributed by atoms with Crippen molar-refractivity contribution in [3.05, 3.63) is 51.7 Å². The molecule has 0 unspecified atom stereocenters. The van der Waals surface area contributed by atoms with E-state index in [1.54, 1.807) is 5.56 Å². The largest absolute Gasteiger partial charge is 0.316 e. The first kappa shape index (κ1) is 9.95. The number of para-hydroxylation sites is 1. The predicted molar refractivity (Wildman–Crippen MR) is 79.6 cm³/mol. The van der Waals surface area contributed by atoms with Crippen LogP contribution in [0, 0.1) is 3.57 Å². The summed E-state index contributed by atoms with van der Waals surface area (Å²) in [6.07, 6.45) is 4.89. The highest BCUT2D eigenvalue weighted by Crippen LogP contribution is 2.45. The van der Waals surface area contributed by atoms with E-state index in [0.29, 0.717) is 0 Å². The summed E-state index contributed by atoms with van der Waals surface area (Å²) < 4.78 is 3.79. The summed E-state index contributed by atoms with van der Waals surface area (Å²) >= 11 is 2.53. The van der Waals surface area contributed by atoms with Crippen molar-refractivity contribution in [1.82, 2.24) is 4.40 Å². The maximum atomic E-state index is 2.53. The Kier molecular flexibility index (Phi) is 2.04. The zero-order valence-electron chi connectivity index (χ0n) is 9.36. The van der Waals surface area contributed by atoms with E-state index < -0.39 is 0 Å². The number of pyridine rings is 1. The average molecular weight is 333 g/mol. The minimum atomic E-state index is 0.795. The number of hydrogen-bond donors (Lipinski definition) is 0. The summed E-state index contributed by atoms with van der Waals surface area (Å²) in [5.41, 5.74) is 4.28. The smallest absolute Gasteiger partial charge is 0.0538 e. The lowest BCUT2D eigenvalue weighted by Crippen LogP contribution is -1.96. The molecule has 17 heavy (non-hydrogen) atoms. The van der Waals surface area contributed by atoms with Gasteiger partial charge < -0.3 is 4.40 Å². The fourth-order valence-corrected chi connectivity index (χ4v) is 3.87. The lowest BCUT2D eigenvalue weighted by Gasteiger charge is -2.12. The van der Waals surface area contributed by atoms with Gasteiger partial charge in [0, 0.05) is 15.2 Å². The van der Waals surface area contributed by atoms with Crippen molar-refractivity contribution in [1.29, 1.82) is 0 Å². The molecule has 3 aromatic rings. The van der Waals surface area contributed by atoms with Crippen molar-refractivity contribution in [2.24, 2.45) is 0 Å². The van der Waals surface area contributed by atoms with E-state index in [9.17, 15) is 0 Å². The van der Waals surface area contributed by atoms with Crippen molar-refractivity contribution in [3.63, 3.8) is 0 Å². The second-order valence-corrected chi connectivity index (χ2v) is 5.86. The van der Waals surface area contributed by atoms with Gasteiger partial charge in [0.1, 0.15) is 0 Å². The van der Waals surface area contributed by atoms with Gasteiger partial charge in [0.25, 0.3) is 0 Å². The van der Waals surface area contributed by atoms with Crippen LogP contribution < -0.4 is 0 Å². The molecule has 0 bridgehead atoms. The van der Waals surface area contributed by atoms with Gasteiger partial charge in [0.15, 0.2) is 0 Å². The lowest BCUT2D eigenvalue weighted by molar-refractivity contribution is 1.11. The molecule has 4 rings (SSSR count). The molecule has 2 heteroatoms. The molecule has 1 aromatic carbocycles. The number of aromatic nitrogens is 1. The van der Waals surface area contributed by atoms with Gasteiger partial charge >= 0.3 is 0 Å². The van der Waals surface area contributed by atoms with Gasteiger partial charge in [-0.25, -0.2) is 0 Å². The van der Waals surface area contributed by atoms with Gasteiger partial charge in [-0.15, -0.1) is 0 Å². The van der Waals surface area contributed by atoms with E-state index in [1.807, 2.05) is 0 Å². The third kappa shape index (κ3) is 1.36. The first-order valence-electron chi connectivity index (χ1n) is 6.03. The molecule has 2 heterocycles. The van der Waals surface area contributed by atoms with Gasteiger partial charge in [-0.2, -0.15) is 0 Å². The van der Waals surface area contributed by atoms with Gasteiger partial charge in [0.05, 0.1) is 11.0 Å². The van der Waals surface area contributed by atoms with Crippen LogP contribution in [0.15, 0.2) is 42.6 Å². The Labute approximate surface area is 114 Å². The van der Waals surface area contributed by atoms with Crippen LogP contribution in [0.3, 0.4) is 0 Å². The molecule has 0 aliphatic heterocycles. The summed E-state index contributed by atoms with van der Waals surface area (Å²) in [5.74, 6) is 0.795. The van der Waals surface area contributed by atoms with Crippen molar-refractivity contribution in [3.8, 4) is 0 Å². The van der Waals surface area contributed by atoms with Crippen LogP contribution in [0.1, 0.15) is 24.3 Å². The molecule has 1 aliphatic rings. The second-order valence-electron chi connectivity index (χ2n) is 4.78. The van der Waals surface area contributed by atoms with Crippen LogP contribution in [0.2, 0.25) is 0 Å². The van der Waals surface area contributed by atoms with Crippen LogP contribution in [-0.2, 0) is 0 Å². The normalized spacial score (nSPS) is 15.8. The molecule has 0 radical (unpaired) electrons. The number of nitrogens with zero attached hydrogens (tertiary/aromatic N) is 1. The molecular weight excluding hydrogens is 321 g/mol. The molecule has 0 atom stereocenters. The molecule has 0 saturated heterocycles. The third-order valence-electron chi connectivity index (χ3n) is 3.65. The molecule has 1 saturated carbocycles. The lowest BCUT2D eigenvalue weighted by atomic mass is 10.1. The van der Waals surface area contributed by atoms with Crippen LogP contribution in [0.5, 0.6) is 0 Å². The molecule has 84 valence electrons. The summed E-state index contributed by atoms with van der Waals surface area (Å²) in [6.45, 7) is 0. The fraction of sp³-hybridized carbons (Fsp3) is 0.200. The minimum Gasteiger partial charge on any atom is -0.316 e. The number of benzene rings is 1. The monoisotopic (exact) mass is 333 g/mol. The molecule has 1 nitrogen and oxygen atoms in total. The van der Waals surface area contributed by atoms with Crippen molar-refractivity contribution in [2.75, 3.05) is 0 Å². The first-order valence-corrected chi connectivity index (χ1v) is 7.11. The van der Waals surface area contributed by atoms with E-state index in [2.05, 4.69) is 69.6 Å². The Balaban J connectivity index is 2.27. The van der Waals surface area contributed by atoms with Crippen LogP contribution in [0.25, 0.3) is 16.4 Å². The van der Waals surface area contributed by atoms with Crippen LogP contribution in [-0.4, -0.2) is 4.40 Å². The van der Waals surface area contributed by atoms with Crippen molar-refractivity contribution in [2.45, 2.75) is 18.8 Å². The molecule has 0 N–H and O–H groups in total. The van der Waals surface area contributed by atoms with Crippen molar-refractivity contribution < 1.29 is 0 Å². The molecular formula is C15H12IN. The average Bonchev–Trinajstić information content (AvgIpc) is 3.06. The molecule has 0 amide bonds. The topological polar surface area (TPSA) is 4.41 Å². The zero-order chi connectivity index (χ0) is 11.4. The molecule has 0 spiro atoms. The highest BCUT2D eigenvalue weighted by atomic mass is 127. The summed E-state index contributed by atoms with van der Waals surface area (Å²) in [5, 5.41) is 1.39. The highest BCUT2D eigenvalue weighted by molar-refractivity contribution is 14.1. The fourth-order valence-electron chi connectivity index (χ4n) is 2.70. The van der Waals surface area contributed by atoms with E-state index in [0.717, 1.165) is 5.92 Å². The Hall–Kier alpha value is -1.03. The van der Waals surface area contributed by atoms with E-state index >= 15 is 0 Å². The summed E-state index contributed by atoms with van der Waals surface area (Å²) in [4.78, 5) is 0. The van der Waals surface area contributed by atoms with Gasteiger partial charge in [0.2, 0.25) is 0 Å². The first-order chi connectivity index (χ1) is 8.36. The second kappa shape index (κ2) is 3.48. The summed E-state index contributed by atoms with van der Waals surface area (Å²) in [6, 6.07) is 13.1.